The van der Waals surface area contributed by atoms with E-state index in [0.29, 0.717) is 31.5 Å². The molecule has 6 nitrogen and oxygen atoms in total. The fraction of sp³-hybridized carbons (Fsp3) is 0.300. The zero-order valence-electron chi connectivity index (χ0n) is 15.2. The Hall–Kier alpha value is -2.40. The molecule has 1 fully saturated rings. The summed E-state index contributed by atoms with van der Waals surface area (Å²) in [4.78, 5) is 14.3. The predicted molar refractivity (Wildman–Crippen MR) is 106 cm³/mol. The summed E-state index contributed by atoms with van der Waals surface area (Å²) in [5, 5.41) is 9.02. The van der Waals surface area contributed by atoms with E-state index < -0.39 is 10.0 Å². The zero-order valence-corrected chi connectivity index (χ0v) is 16.8. The molecule has 28 heavy (non-hydrogen) atoms. The monoisotopic (exact) mass is 417 g/mol. The molecule has 1 aliphatic rings. The number of amides is 1. The maximum Gasteiger partial charge on any atom is 0.244 e. The van der Waals surface area contributed by atoms with Crippen LogP contribution in [0.3, 0.4) is 0 Å². The van der Waals surface area contributed by atoms with E-state index in [4.69, 9.17) is 16.9 Å². The minimum absolute atomic E-state index is 0.000786. The van der Waals surface area contributed by atoms with Crippen LogP contribution in [-0.4, -0.2) is 49.7 Å². The lowest BCUT2D eigenvalue weighted by Gasteiger charge is -2.34. The van der Waals surface area contributed by atoms with E-state index in [2.05, 4.69) is 6.07 Å². The van der Waals surface area contributed by atoms with Crippen LogP contribution < -0.4 is 0 Å². The number of benzene rings is 2. The van der Waals surface area contributed by atoms with E-state index in [1.54, 1.807) is 35.2 Å². The Kier molecular flexibility index (Phi) is 6.35. The molecule has 0 radical (unpaired) electrons. The number of nitrogens with zero attached hydrogens (tertiary/aromatic N) is 3. The number of nitriles is 1. The van der Waals surface area contributed by atoms with Gasteiger partial charge in [-0.2, -0.15) is 9.57 Å². The van der Waals surface area contributed by atoms with Crippen molar-refractivity contribution in [2.45, 2.75) is 17.7 Å². The maximum atomic E-state index is 12.8. The Labute approximate surface area is 170 Å². The average molecular weight is 418 g/mol. The second kappa shape index (κ2) is 8.74. The maximum absolute atomic E-state index is 12.8. The van der Waals surface area contributed by atoms with Gasteiger partial charge in [-0.1, -0.05) is 35.9 Å². The number of sulfonamides is 1. The molecular weight excluding hydrogens is 398 g/mol. The number of aryl methyl sites for hydroxylation is 1. The van der Waals surface area contributed by atoms with E-state index in [1.165, 1.54) is 10.4 Å². The molecule has 0 N–H and O–H groups in total. The Morgan fingerprint density at radius 3 is 2.29 bits per heavy atom. The Morgan fingerprint density at radius 1 is 1.04 bits per heavy atom. The highest BCUT2D eigenvalue weighted by atomic mass is 35.5. The average Bonchev–Trinajstić information content (AvgIpc) is 2.72. The van der Waals surface area contributed by atoms with Gasteiger partial charge in [0.05, 0.1) is 16.7 Å². The van der Waals surface area contributed by atoms with Crippen LogP contribution in [0.1, 0.15) is 17.5 Å². The van der Waals surface area contributed by atoms with Gasteiger partial charge in [0.25, 0.3) is 0 Å². The lowest BCUT2D eigenvalue weighted by molar-refractivity contribution is -0.132. The fourth-order valence-corrected chi connectivity index (χ4v) is 5.04. The molecule has 8 heteroatoms. The minimum atomic E-state index is -3.67. The predicted octanol–water partition coefficient (Wildman–Crippen LogP) is 2.68. The SMILES string of the molecule is N#Cc1ccc(CCC(=O)N2CCN(S(=O)(=O)c3ccccc3Cl)CC2)cc1. The fourth-order valence-electron chi connectivity index (χ4n) is 3.13. The molecule has 0 atom stereocenters. The second-order valence-corrected chi connectivity index (χ2v) is 8.84. The number of carbonyl (C=O) groups is 1. The van der Waals surface area contributed by atoms with Gasteiger partial charge in [0, 0.05) is 32.6 Å². The molecule has 1 aliphatic heterocycles. The van der Waals surface area contributed by atoms with Crippen LogP contribution in [0, 0.1) is 11.3 Å². The molecule has 0 aliphatic carbocycles. The largest absolute Gasteiger partial charge is 0.340 e. The van der Waals surface area contributed by atoms with Crippen LogP contribution in [0.2, 0.25) is 5.02 Å². The first-order chi connectivity index (χ1) is 13.4. The van der Waals surface area contributed by atoms with Crippen molar-refractivity contribution in [3.63, 3.8) is 0 Å². The molecule has 0 saturated carbocycles. The molecule has 3 rings (SSSR count). The molecule has 1 amide bonds. The number of hydrogen-bond donors (Lipinski definition) is 0. The molecule has 1 heterocycles. The summed E-state index contributed by atoms with van der Waals surface area (Å²) < 4.78 is 26.9. The van der Waals surface area contributed by atoms with Crippen molar-refractivity contribution in [3.05, 3.63) is 64.7 Å². The van der Waals surface area contributed by atoms with Crippen molar-refractivity contribution in [2.75, 3.05) is 26.2 Å². The van der Waals surface area contributed by atoms with Crippen LogP contribution in [0.5, 0.6) is 0 Å². The zero-order chi connectivity index (χ0) is 20.1. The minimum Gasteiger partial charge on any atom is -0.340 e. The first-order valence-electron chi connectivity index (χ1n) is 8.93. The topological polar surface area (TPSA) is 81.5 Å². The van der Waals surface area contributed by atoms with Gasteiger partial charge < -0.3 is 4.90 Å². The van der Waals surface area contributed by atoms with Crippen LogP contribution in [0.25, 0.3) is 0 Å². The van der Waals surface area contributed by atoms with E-state index >= 15 is 0 Å². The number of hydrogen-bond acceptors (Lipinski definition) is 4. The van der Waals surface area contributed by atoms with Crippen LogP contribution >= 0.6 is 11.6 Å². The van der Waals surface area contributed by atoms with Crippen LogP contribution in [0.4, 0.5) is 0 Å². The van der Waals surface area contributed by atoms with Gasteiger partial charge in [0.15, 0.2) is 0 Å². The molecule has 2 aromatic carbocycles. The van der Waals surface area contributed by atoms with Crippen molar-refractivity contribution < 1.29 is 13.2 Å². The molecule has 146 valence electrons. The van der Waals surface area contributed by atoms with Gasteiger partial charge in [-0.25, -0.2) is 8.42 Å². The summed E-state index contributed by atoms with van der Waals surface area (Å²) in [6.45, 7) is 1.21. The first-order valence-corrected chi connectivity index (χ1v) is 10.7. The Morgan fingerprint density at radius 2 is 1.68 bits per heavy atom. The smallest absolute Gasteiger partial charge is 0.244 e. The number of halogens is 1. The molecule has 0 spiro atoms. The van der Waals surface area contributed by atoms with Crippen molar-refractivity contribution in [2.24, 2.45) is 0 Å². The van der Waals surface area contributed by atoms with Crippen molar-refractivity contribution in [1.29, 1.82) is 5.26 Å². The Balaban J connectivity index is 1.55. The highest BCUT2D eigenvalue weighted by molar-refractivity contribution is 7.89. The van der Waals surface area contributed by atoms with E-state index in [0.717, 1.165) is 5.56 Å². The highest BCUT2D eigenvalue weighted by Crippen LogP contribution is 2.25. The summed E-state index contributed by atoms with van der Waals surface area (Å²) in [5.41, 5.74) is 1.58. The highest BCUT2D eigenvalue weighted by Gasteiger charge is 2.31. The normalized spacial score (nSPS) is 15.2. The third-order valence-corrected chi connectivity index (χ3v) is 7.15. The Bertz CT molecular complexity index is 992. The first kappa shape index (κ1) is 20.3. The van der Waals surface area contributed by atoms with Crippen molar-refractivity contribution in [3.8, 4) is 6.07 Å². The standard InChI is InChI=1S/C20H20ClN3O3S/c21-18-3-1-2-4-19(18)28(26,27)24-13-11-23(12-14-24)20(25)10-9-16-5-7-17(15-22)8-6-16/h1-8H,9-14H2. The summed E-state index contributed by atoms with van der Waals surface area (Å²) in [6, 6.07) is 15.6. The third kappa shape index (κ3) is 4.53. The van der Waals surface area contributed by atoms with Gasteiger partial charge in [-0.3, -0.25) is 4.79 Å². The molecule has 0 unspecified atom stereocenters. The third-order valence-electron chi connectivity index (χ3n) is 4.76. The molecule has 0 aromatic heterocycles. The lowest BCUT2D eigenvalue weighted by Crippen LogP contribution is -2.50. The quantitative estimate of drug-likeness (QED) is 0.748. The lowest BCUT2D eigenvalue weighted by atomic mass is 10.1. The van der Waals surface area contributed by atoms with Crippen LogP contribution in [-0.2, 0) is 21.2 Å². The second-order valence-electron chi connectivity index (χ2n) is 6.52. The number of piperazine rings is 1. The van der Waals surface area contributed by atoms with Crippen LogP contribution in [0.15, 0.2) is 53.4 Å². The number of carbonyl (C=O) groups excluding carboxylic acids is 1. The van der Waals surface area contributed by atoms with Crippen molar-refractivity contribution in [1.82, 2.24) is 9.21 Å². The van der Waals surface area contributed by atoms with Gasteiger partial charge >= 0.3 is 0 Å². The van der Waals surface area contributed by atoms with Gasteiger partial charge in [-0.15, -0.1) is 0 Å². The summed E-state index contributed by atoms with van der Waals surface area (Å²) >= 11 is 6.04. The van der Waals surface area contributed by atoms with Gasteiger partial charge in [0.2, 0.25) is 15.9 Å². The molecule has 0 bridgehead atoms. The van der Waals surface area contributed by atoms with Gasteiger partial charge in [-0.05, 0) is 36.2 Å². The summed E-state index contributed by atoms with van der Waals surface area (Å²) in [5.74, 6) is -0.000786. The van der Waals surface area contributed by atoms with E-state index in [-0.39, 0.29) is 28.9 Å². The van der Waals surface area contributed by atoms with Gasteiger partial charge in [0.1, 0.15) is 4.90 Å². The molecular formula is C20H20ClN3O3S. The van der Waals surface area contributed by atoms with Crippen molar-refractivity contribution >= 4 is 27.5 Å². The molecule has 1 saturated heterocycles. The summed E-state index contributed by atoms with van der Waals surface area (Å²) in [7, 11) is -3.67. The van der Waals surface area contributed by atoms with E-state index in [9.17, 15) is 13.2 Å². The molecule has 2 aromatic rings. The summed E-state index contributed by atoms with van der Waals surface area (Å²) in [6.07, 6.45) is 0.936. The number of rotatable bonds is 5. The van der Waals surface area contributed by atoms with E-state index in [1.807, 2.05) is 12.1 Å².